The largest absolute Gasteiger partial charge is 0.352 e. The molecule has 0 radical (unpaired) electrons. The van der Waals surface area contributed by atoms with Gasteiger partial charge in [0.1, 0.15) is 0 Å². The van der Waals surface area contributed by atoms with Gasteiger partial charge in [-0.25, -0.2) is 8.42 Å². The zero-order valence-electron chi connectivity index (χ0n) is 25.4. The fourth-order valence-electron chi connectivity index (χ4n) is 6.09. The number of sulfonamides is 1. The number of amides is 2. The molecular formula is C34H38Cl2N4O5S. The van der Waals surface area contributed by atoms with Crippen molar-refractivity contribution >= 4 is 56.5 Å². The van der Waals surface area contributed by atoms with Gasteiger partial charge in [-0.15, -0.1) is 0 Å². The van der Waals surface area contributed by atoms with Crippen LogP contribution in [0.15, 0.2) is 71.6 Å². The number of hydrogen-bond donors (Lipinski definition) is 3. The van der Waals surface area contributed by atoms with Gasteiger partial charge in [0.25, 0.3) is 15.9 Å². The van der Waals surface area contributed by atoms with Crippen LogP contribution in [-0.2, 0) is 14.8 Å². The topological polar surface area (TPSA) is 125 Å². The Hall–Kier alpha value is -3.44. The zero-order valence-corrected chi connectivity index (χ0v) is 27.8. The van der Waals surface area contributed by atoms with E-state index in [1.807, 2.05) is 0 Å². The summed E-state index contributed by atoms with van der Waals surface area (Å²) in [4.78, 5) is 40.9. The van der Waals surface area contributed by atoms with Gasteiger partial charge in [-0.3, -0.25) is 19.1 Å². The Morgan fingerprint density at radius 1 is 0.848 bits per heavy atom. The van der Waals surface area contributed by atoms with Crippen LogP contribution in [0.3, 0.4) is 0 Å². The maximum absolute atomic E-state index is 13.2. The molecule has 9 nitrogen and oxygen atoms in total. The Morgan fingerprint density at radius 3 is 2.24 bits per heavy atom. The first-order chi connectivity index (χ1) is 22.1. The summed E-state index contributed by atoms with van der Waals surface area (Å²) in [7, 11) is -4.12. The van der Waals surface area contributed by atoms with E-state index >= 15 is 0 Å². The Balaban J connectivity index is 1.11. The SMILES string of the molecule is O=C(CNC(=O)c1ccc(S(=O)(=O)Nc2ccccc2C(=O)c2ccc(Cl)cc2Cl)cc1)N[C@H]1CC[C@H](CCN2CCCC2)CC1. The Morgan fingerprint density at radius 2 is 1.54 bits per heavy atom. The van der Waals surface area contributed by atoms with Crippen LogP contribution in [0.1, 0.15) is 71.2 Å². The molecule has 12 heteroatoms. The molecule has 0 aromatic heterocycles. The highest BCUT2D eigenvalue weighted by atomic mass is 35.5. The number of ketones is 1. The van der Waals surface area contributed by atoms with Gasteiger partial charge in [0.15, 0.2) is 5.78 Å². The van der Waals surface area contributed by atoms with E-state index in [0.717, 1.165) is 25.7 Å². The van der Waals surface area contributed by atoms with Gasteiger partial charge in [-0.2, -0.15) is 0 Å². The highest BCUT2D eigenvalue weighted by Gasteiger charge is 2.24. The highest BCUT2D eigenvalue weighted by molar-refractivity contribution is 7.92. The van der Waals surface area contributed by atoms with E-state index in [2.05, 4.69) is 20.3 Å². The first kappa shape index (κ1) is 33.9. The average molecular weight is 686 g/mol. The summed E-state index contributed by atoms with van der Waals surface area (Å²) in [6.45, 7) is 3.45. The molecule has 0 unspecified atom stereocenters. The lowest BCUT2D eigenvalue weighted by molar-refractivity contribution is -0.121. The predicted molar refractivity (Wildman–Crippen MR) is 180 cm³/mol. The lowest BCUT2D eigenvalue weighted by Gasteiger charge is -2.30. The van der Waals surface area contributed by atoms with E-state index in [9.17, 15) is 22.8 Å². The second-order valence-corrected chi connectivity index (χ2v) is 14.5. The predicted octanol–water partition coefficient (Wildman–Crippen LogP) is 5.92. The quantitative estimate of drug-likeness (QED) is 0.204. The number of rotatable bonds is 12. The molecule has 1 heterocycles. The molecule has 244 valence electrons. The van der Waals surface area contributed by atoms with Crippen molar-refractivity contribution in [1.82, 2.24) is 15.5 Å². The second-order valence-electron chi connectivity index (χ2n) is 11.9. The summed E-state index contributed by atoms with van der Waals surface area (Å²) >= 11 is 12.2. The third-order valence-electron chi connectivity index (χ3n) is 8.69. The van der Waals surface area contributed by atoms with Crippen molar-refractivity contribution in [2.75, 3.05) is 30.9 Å². The van der Waals surface area contributed by atoms with E-state index in [0.29, 0.717) is 10.9 Å². The molecule has 1 aliphatic heterocycles. The first-order valence-corrected chi connectivity index (χ1v) is 17.8. The summed E-state index contributed by atoms with van der Waals surface area (Å²) in [5, 5.41) is 6.16. The molecule has 5 rings (SSSR count). The summed E-state index contributed by atoms with van der Waals surface area (Å²) < 4.78 is 28.9. The van der Waals surface area contributed by atoms with Crippen molar-refractivity contribution in [3.63, 3.8) is 0 Å². The zero-order chi connectivity index (χ0) is 32.7. The smallest absolute Gasteiger partial charge is 0.261 e. The summed E-state index contributed by atoms with van der Waals surface area (Å²) in [6.07, 6.45) is 7.94. The summed E-state index contributed by atoms with van der Waals surface area (Å²) in [6, 6.07) is 16.1. The minimum atomic E-state index is -4.12. The van der Waals surface area contributed by atoms with Gasteiger partial charge in [-0.1, -0.05) is 35.3 Å². The third-order valence-corrected chi connectivity index (χ3v) is 10.6. The molecular weight excluding hydrogens is 647 g/mol. The fourth-order valence-corrected chi connectivity index (χ4v) is 7.66. The van der Waals surface area contributed by atoms with Gasteiger partial charge in [0.2, 0.25) is 5.91 Å². The lowest BCUT2D eigenvalue weighted by atomic mass is 9.84. The van der Waals surface area contributed by atoms with Crippen molar-refractivity contribution in [3.8, 4) is 0 Å². The molecule has 3 aromatic rings. The maximum atomic E-state index is 13.2. The van der Waals surface area contributed by atoms with Gasteiger partial charge >= 0.3 is 0 Å². The van der Waals surface area contributed by atoms with Crippen molar-refractivity contribution in [3.05, 3.63) is 93.5 Å². The van der Waals surface area contributed by atoms with Gasteiger partial charge in [0, 0.05) is 27.8 Å². The van der Waals surface area contributed by atoms with Crippen LogP contribution in [0, 0.1) is 5.92 Å². The minimum absolute atomic E-state index is 0.0712. The van der Waals surface area contributed by atoms with Crippen LogP contribution in [0.25, 0.3) is 0 Å². The number of benzene rings is 3. The van der Waals surface area contributed by atoms with Crippen molar-refractivity contribution < 1.29 is 22.8 Å². The molecule has 1 saturated heterocycles. The van der Waals surface area contributed by atoms with Gasteiger partial charge in [0.05, 0.1) is 22.2 Å². The van der Waals surface area contributed by atoms with Crippen LogP contribution in [0.4, 0.5) is 5.69 Å². The monoisotopic (exact) mass is 684 g/mol. The molecule has 0 bridgehead atoms. The van der Waals surface area contributed by atoms with Crippen molar-refractivity contribution in [2.24, 2.45) is 5.92 Å². The Bertz CT molecular complexity index is 1670. The van der Waals surface area contributed by atoms with Crippen LogP contribution >= 0.6 is 23.2 Å². The van der Waals surface area contributed by atoms with Crippen LogP contribution in [0.5, 0.6) is 0 Å². The number of carbonyl (C=O) groups excluding carboxylic acids is 3. The van der Waals surface area contributed by atoms with E-state index in [4.69, 9.17) is 23.2 Å². The molecule has 2 fully saturated rings. The van der Waals surface area contributed by atoms with Crippen molar-refractivity contribution in [1.29, 1.82) is 0 Å². The van der Waals surface area contributed by atoms with Crippen molar-refractivity contribution in [2.45, 2.75) is 55.9 Å². The molecule has 1 aliphatic carbocycles. The summed E-state index contributed by atoms with van der Waals surface area (Å²) in [5.41, 5.74) is 0.563. The fraction of sp³-hybridized carbons (Fsp3) is 0.382. The number of anilines is 1. The molecule has 0 spiro atoms. The molecule has 46 heavy (non-hydrogen) atoms. The average Bonchev–Trinajstić information content (AvgIpc) is 3.57. The number of halogens is 2. The lowest BCUT2D eigenvalue weighted by Crippen LogP contribution is -2.43. The number of hydrogen-bond acceptors (Lipinski definition) is 6. The van der Waals surface area contributed by atoms with E-state index < -0.39 is 21.7 Å². The Labute approximate surface area is 280 Å². The second kappa shape index (κ2) is 15.4. The van der Waals surface area contributed by atoms with E-state index in [1.165, 1.54) is 93.5 Å². The third kappa shape index (κ3) is 8.88. The highest BCUT2D eigenvalue weighted by Crippen LogP contribution is 2.29. The maximum Gasteiger partial charge on any atom is 0.261 e. The normalized spacial score (nSPS) is 18.6. The van der Waals surface area contributed by atoms with Crippen LogP contribution in [-0.4, -0.2) is 63.1 Å². The van der Waals surface area contributed by atoms with Crippen LogP contribution < -0.4 is 15.4 Å². The molecule has 1 saturated carbocycles. The van der Waals surface area contributed by atoms with Gasteiger partial charge in [-0.05, 0) is 125 Å². The minimum Gasteiger partial charge on any atom is -0.352 e. The van der Waals surface area contributed by atoms with Crippen LogP contribution in [0.2, 0.25) is 10.0 Å². The van der Waals surface area contributed by atoms with E-state index in [1.54, 1.807) is 12.1 Å². The molecule has 3 N–H and O–H groups in total. The Kier molecular flexibility index (Phi) is 11.4. The number of para-hydroxylation sites is 1. The van der Waals surface area contributed by atoms with Gasteiger partial charge < -0.3 is 15.5 Å². The van der Waals surface area contributed by atoms with E-state index in [-0.39, 0.29) is 50.8 Å². The number of nitrogens with one attached hydrogen (secondary N) is 3. The number of nitrogens with zero attached hydrogens (tertiary/aromatic N) is 1. The number of likely N-dealkylation sites (tertiary alicyclic amines) is 1. The standard InChI is InChI=1S/C34H38Cl2N4O5S/c35-25-11-16-28(30(36)21-25)33(42)29-5-1-2-6-31(29)39-46(44,45)27-14-9-24(10-15-27)34(43)37-22-32(41)38-26-12-7-23(8-13-26)17-20-40-18-3-4-19-40/h1-2,5-6,9-11,14-16,21,23,26,39H,3-4,7-8,12-13,17-20,22H2,(H,37,43)(H,38,41)/t23-,26-. The molecule has 2 amide bonds. The molecule has 2 aliphatic rings. The first-order valence-electron chi connectivity index (χ1n) is 15.6. The number of carbonyl (C=O) groups is 3. The summed E-state index contributed by atoms with van der Waals surface area (Å²) in [5.74, 6) is -0.503. The molecule has 3 aromatic carbocycles. The molecule has 0 atom stereocenters.